The Kier molecular flexibility index (Phi) is 6.37. The van der Waals surface area contributed by atoms with Crippen LogP contribution in [0.25, 0.3) is 10.8 Å². The van der Waals surface area contributed by atoms with Gasteiger partial charge < -0.3 is 10.2 Å². The molecular formula is C24H26N4O4S2. The molecule has 8 nitrogen and oxygen atoms in total. The summed E-state index contributed by atoms with van der Waals surface area (Å²) in [5.41, 5.74) is 0. The number of nitrogens with one attached hydrogen (secondary N) is 1. The molecule has 3 aromatic rings. The Morgan fingerprint density at radius 1 is 1.00 bits per heavy atom. The SMILES string of the molecule is O=C(Nc1nccs1)[C@H]1CCCN1C(=O)C1CCN(S(=O)(=O)c2ccc3ccccc3c2)CC1. The third-order valence-corrected chi connectivity index (χ3v) is 9.25. The van der Waals surface area contributed by atoms with E-state index in [0.29, 0.717) is 30.9 Å². The molecule has 2 saturated heterocycles. The molecule has 0 bridgehead atoms. The summed E-state index contributed by atoms with van der Waals surface area (Å²) >= 11 is 1.34. The van der Waals surface area contributed by atoms with Gasteiger partial charge in [0.05, 0.1) is 4.90 Å². The van der Waals surface area contributed by atoms with Gasteiger partial charge in [-0.05, 0) is 48.6 Å². The summed E-state index contributed by atoms with van der Waals surface area (Å²) in [4.78, 5) is 32.0. The molecule has 2 fully saturated rings. The molecule has 2 aliphatic heterocycles. The first kappa shape index (κ1) is 22.9. The average Bonchev–Trinajstić information content (AvgIpc) is 3.56. The van der Waals surface area contributed by atoms with Crippen LogP contribution >= 0.6 is 11.3 Å². The number of thiazole rings is 1. The number of piperidine rings is 1. The summed E-state index contributed by atoms with van der Waals surface area (Å²) < 4.78 is 27.9. The van der Waals surface area contributed by atoms with Crippen LogP contribution in [0.3, 0.4) is 0 Å². The van der Waals surface area contributed by atoms with Gasteiger partial charge in [-0.2, -0.15) is 4.31 Å². The number of hydrogen-bond donors (Lipinski definition) is 1. The first-order chi connectivity index (χ1) is 16.4. The van der Waals surface area contributed by atoms with Crippen LogP contribution in [0.5, 0.6) is 0 Å². The number of amides is 2. The first-order valence-electron chi connectivity index (χ1n) is 11.4. The molecule has 2 aliphatic rings. The summed E-state index contributed by atoms with van der Waals surface area (Å²) in [6.07, 6.45) is 3.92. The molecule has 2 amide bonds. The van der Waals surface area contributed by atoms with Crippen molar-refractivity contribution in [3.05, 3.63) is 54.0 Å². The number of anilines is 1. The molecular weight excluding hydrogens is 472 g/mol. The van der Waals surface area contributed by atoms with Crippen molar-refractivity contribution in [3.63, 3.8) is 0 Å². The van der Waals surface area contributed by atoms with E-state index in [1.165, 1.54) is 15.6 Å². The smallest absolute Gasteiger partial charge is 0.248 e. The highest BCUT2D eigenvalue weighted by atomic mass is 32.2. The Morgan fingerprint density at radius 3 is 2.50 bits per heavy atom. The fourth-order valence-corrected chi connectivity index (χ4v) is 6.87. The zero-order valence-corrected chi connectivity index (χ0v) is 20.2. The molecule has 1 N–H and O–H groups in total. The van der Waals surface area contributed by atoms with E-state index in [9.17, 15) is 18.0 Å². The Morgan fingerprint density at radius 2 is 1.76 bits per heavy atom. The lowest BCUT2D eigenvalue weighted by atomic mass is 9.96. The number of fused-ring (bicyclic) bond motifs is 1. The number of nitrogens with zero attached hydrogens (tertiary/aromatic N) is 3. The Balaban J connectivity index is 1.23. The molecule has 10 heteroatoms. The van der Waals surface area contributed by atoms with Gasteiger partial charge in [0.15, 0.2) is 5.13 Å². The average molecular weight is 499 g/mol. The number of likely N-dealkylation sites (tertiary alicyclic amines) is 1. The Bertz CT molecular complexity index is 1300. The van der Waals surface area contributed by atoms with E-state index in [1.54, 1.807) is 28.6 Å². The van der Waals surface area contributed by atoms with Crippen LogP contribution < -0.4 is 5.32 Å². The number of carbonyl (C=O) groups is 2. The largest absolute Gasteiger partial charge is 0.330 e. The third-order valence-electron chi connectivity index (χ3n) is 6.66. The molecule has 34 heavy (non-hydrogen) atoms. The second-order valence-corrected chi connectivity index (χ2v) is 11.5. The fourth-order valence-electron chi connectivity index (χ4n) is 4.83. The van der Waals surface area contributed by atoms with Crippen LogP contribution in [0.1, 0.15) is 25.7 Å². The normalized spacial score (nSPS) is 20.0. The molecule has 0 radical (unpaired) electrons. The fraction of sp³-hybridized carbons (Fsp3) is 0.375. The van der Waals surface area contributed by atoms with Crippen LogP contribution in [0.4, 0.5) is 5.13 Å². The maximum Gasteiger partial charge on any atom is 0.248 e. The third kappa shape index (κ3) is 4.45. The predicted molar refractivity (Wildman–Crippen MR) is 131 cm³/mol. The van der Waals surface area contributed by atoms with E-state index < -0.39 is 16.1 Å². The van der Waals surface area contributed by atoms with Gasteiger partial charge >= 0.3 is 0 Å². The standard InChI is InChI=1S/C24H26N4O4S2/c29-22(26-24-25-11-15-33-24)21-6-3-12-28(21)23(30)18-9-13-27(14-10-18)34(31,32)20-8-7-17-4-1-2-5-19(17)16-20/h1-2,4-5,7-8,11,15-16,18,21H,3,6,9-10,12-14H2,(H,25,26,29)/t21-/m1/s1. The van der Waals surface area contributed by atoms with Crippen molar-refractivity contribution < 1.29 is 18.0 Å². The number of carbonyl (C=O) groups excluding carboxylic acids is 2. The van der Waals surface area contributed by atoms with E-state index in [-0.39, 0.29) is 35.7 Å². The highest BCUT2D eigenvalue weighted by molar-refractivity contribution is 7.89. The lowest BCUT2D eigenvalue weighted by Crippen LogP contribution is -2.48. The molecule has 1 aromatic heterocycles. The highest BCUT2D eigenvalue weighted by Crippen LogP contribution is 2.29. The Labute approximate surface area is 202 Å². The summed E-state index contributed by atoms with van der Waals surface area (Å²) in [5, 5.41) is 6.98. The second kappa shape index (κ2) is 9.44. The molecule has 2 aromatic carbocycles. The van der Waals surface area contributed by atoms with Crippen molar-refractivity contribution in [1.82, 2.24) is 14.2 Å². The number of sulfonamides is 1. The predicted octanol–water partition coefficient (Wildman–Crippen LogP) is 3.33. The van der Waals surface area contributed by atoms with Gasteiger partial charge in [0.2, 0.25) is 21.8 Å². The maximum absolute atomic E-state index is 13.3. The van der Waals surface area contributed by atoms with E-state index >= 15 is 0 Å². The van der Waals surface area contributed by atoms with E-state index in [4.69, 9.17) is 0 Å². The van der Waals surface area contributed by atoms with Crippen molar-refractivity contribution in [2.24, 2.45) is 5.92 Å². The van der Waals surface area contributed by atoms with Crippen LogP contribution in [-0.2, 0) is 19.6 Å². The van der Waals surface area contributed by atoms with Crippen molar-refractivity contribution in [3.8, 4) is 0 Å². The minimum Gasteiger partial charge on any atom is -0.330 e. The molecule has 1 atom stereocenters. The molecule has 5 rings (SSSR count). The van der Waals surface area contributed by atoms with E-state index in [2.05, 4.69) is 10.3 Å². The lowest BCUT2D eigenvalue weighted by Gasteiger charge is -2.34. The zero-order chi connectivity index (χ0) is 23.7. The van der Waals surface area contributed by atoms with Gasteiger partial charge in [0, 0.05) is 37.1 Å². The molecule has 0 saturated carbocycles. The van der Waals surface area contributed by atoms with E-state index in [0.717, 1.165) is 17.2 Å². The number of rotatable bonds is 5. The lowest BCUT2D eigenvalue weighted by molar-refractivity contribution is -0.141. The van der Waals surface area contributed by atoms with Gasteiger partial charge in [-0.3, -0.25) is 9.59 Å². The summed E-state index contributed by atoms with van der Waals surface area (Å²) in [7, 11) is -3.64. The minimum absolute atomic E-state index is 0.0560. The molecule has 0 aliphatic carbocycles. The minimum atomic E-state index is -3.64. The summed E-state index contributed by atoms with van der Waals surface area (Å²) in [5.74, 6) is -0.548. The Hall–Kier alpha value is -2.82. The van der Waals surface area contributed by atoms with Gasteiger partial charge in [-0.15, -0.1) is 11.3 Å². The van der Waals surface area contributed by atoms with Crippen LogP contribution in [0.15, 0.2) is 58.9 Å². The quantitative estimate of drug-likeness (QED) is 0.582. The second-order valence-electron chi connectivity index (χ2n) is 8.70. The van der Waals surface area contributed by atoms with Gasteiger partial charge in [0.25, 0.3) is 0 Å². The topological polar surface area (TPSA) is 99.7 Å². The van der Waals surface area contributed by atoms with Crippen molar-refractivity contribution in [2.75, 3.05) is 25.0 Å². The molecule has 0 spiro atoms. The number of benzene rings is 2. The van der Waals surface area contributed by atoms with Crippen molar-refractivity contribution in [1.29, 1.82) is 0 Å². The molecule has 3 heterocycles. The maximum atomic E-state index is 13.3. The zero-order valence-electron chi connectivity index (χ0n) is 18.6. The van der Waals surface area contributed by atoms with Gasteiger partial charge in [-0.1, -0.05) is 30.3 Å². The first-order valence-corrected chi connectivity index (χ1v) is 13.8. The van der Waals surface area contributed by atoms with E-state index in [1.807, 2.05) is 30.3 Å². The number of hydrogen-bond acceptors (Lipinski definition) is 6. The van der Waals surface area contributed by atoms with Crippen LogP contribution in [0, 0.1) is 5.92 Å². The van der Waals surface area contributed by atoms with Gasteiger partial charge in [-0.25, -0.2) is 13.4 Å². The monoisotopic (exact) mass is 498 g/mol. The highest BCUT2D eigenvalue weighted by Gasteiger charge is 2.39. The number of aromatic nitrogens is 1. The summed E-state index contributed by atoms with van der Waals surface area (Å²) in [6, 6.07) is 12.3. The van der Waals surface area contributed by atoms with Gasteiger partial charge in [0.1, 0.15) is 6.04 Å². The summed E-state index contributed by atoms with van der Waals surface area (Å²) in [6.45, 7) is 1.12. The van der Waals surface area contributed by atoms with Crippen molar-refractivity contribution in [2.45, 2.75) is 36.6 Å². The molecule has 0 unspecified atom stereocenters. The molecule has 178 valence electrons. The van der Waals surface area contributed by atoms with Crippen LogP contribution in [0.2, 0.25) is 0 Å². The van der Waals surface area contributed by atoms with Crippen LogP contribution in [-0.4, -0.2) is 60.1 Å². The van der Waals surface area contributed by atoms with Crippen molar-refractivity contribution >= 4 is 49.1 Å².